The van der Waals surface area contributed by atoms with Crippen LogP contribution in [0.2, 0.25) is 0 Å². The average Bonchev–Trinajstić information content (AvgIpc) is 1.69. The van der Waals surface area contributed by atoms with Gasteiger partial charge in [-0.2, -0.15) is 0 Å². The van der Waals surface area contributed by atoms with Crippen LogP contribution in [0.4, 0.5) is 8.78 Å². The zero-order valence-electron chi connectivity index (χ0n) is 55.5. The number of carboxylic acid groups (broad SMARTS) is 1. The number of carbonyl (C=O) groups excluding carboxylic acids is 11. The molecule has 9 rings (SSSR count). The Balaban J connectivity index is 1.05. The Bertz CT molecular complexity index is 4220. The van der Waals surface area contributed by atoms with Crippen molar-refractivity contribution >= 4 is 92.8 Å². The Morgan fingerprint density at radius 3 is 1.99 bits per heavy atom. The number of aromatic amines is 3. The molecule has 9 atom stereocenters. The second-order valence-electron chi connectivity index (χ2n) is 25.4. The van der Waals surface area contributed by atoms with Gasteiger partial charge in [0, 0.05) is 91.6 Å². The first-order chi connectivity index (χ1) is 48.2. The number of benzene rings is 3. The molecule has 101 heavy (non-hydrogen) atoms. The topological polar surface area (TPSA) is 474 Å². The fourth-order valence-corrected chi connectivity index (χ4v) is 12.3. The van der Waals surface area contributed by atoms with Crippen molar-refractivity contribution in [2.45, 2.75) is 165 Å². The highest BCUT2D eigenvalue weighted by Gasteiger charge is 2.49. The maximum absolute atomic E-state index is 15.2. The molecule has 0 radical (unpaired) electrons. The van der Waals surface area contributed by atoms with Crippen molar-refractivity contribution in [1.82, 2.24) is 87.7 Å². The van der Waals surface area contributed by atoms with E-state index in [1.807, 2.05) is 0 Å². The number of carboxylic acids is 1. The normalized spacial score (nSPS) is 23.4. The molecule has 3 aromatic carbocycles. The van der Waals surface area contributed by atoms with Gasteiger partial charge in [0.05, 0.1) is 25.0 Å². The van der Waals surface area contributed by atoms with Crippen molar-refractivity contribution in [3.05, 3.63) is 131 Å². The molecule has 2 bridgehead atoms. The van der Waals surface area contributed by atoms with E-state index in [1.54, 1.807) is 6.20 Å². The van der Waals surface area contributed by atoms with Crippen LogP contribution in [-0.4, -0.2) is 188 Å². The van der Waals surface area contributed by atoms with Crippen molar-refractivity contribution in [2.24, 2.45) is 5.73 Å². The number of phenolic OH excluding ortho intramolecular Hbond substituents is 1. The minimum absolute atomic E-state index is 0.0128. The number of nitrogens with zero attached hydrogens (tertiary/aromatic N) is 5. The van der Waals surface area contributed by atoms with E-state index in [2.05, 4.69) is 78.1 Å². The fraction of sp³-hybridized carbons (Fsp3) is 0.418. The first-order valence-electron chi connectivity index (χ1n) is 32.8. The van der Waals surface area contributed by atoms with E-state index in [-0.39, 0.29) is 82.3 Å². The molecule has 1 saturated heterocycles. The van der Waals surface area contributed by atoms with Crippen LogP contribution < -0.4 is 53.6 Å². The number of rotatable bonds is 13. The molecule has 0 aliphatic carbocycles. The number of aliphatic carboxylic acids is 1. The third-order valence-corrected chi connectivity index (χ3v) is 17.8. The Kier molecular flexibility index (Phi) is 24.3. The molecule has 0 saturated carbocycles. The van der Waals surface area contributed by atoms with Crippen LogP contribution in [0.1, 0.15) is 100 Å². The number of fused-ring (bicyclic) bond motifs is 5. The van der Waals surface area contributed by atoms with Gasteiger partial charge in [-0.1, -0.05) is 17.3 Å². The second-order valence-corrected chi connectivity index (χ2v) is 25.4. The summed E-state index contributed by atoms with van der Waals surface area (Å²) in [6, 6.07) is 1.04. The Hall–Kier alpha value is -11.6. The number of aryl methyl sites for hydroxylation is 3. The lowest BCUT2D eigenvalue weighted by Crippen LogP contribution is -2.63. The lowest BCUT2D eigenvalue weighted by molar-refractivity contribution is -0.147. The lowest BCUT2D eigenvalue weighted by Gasteiger charge is -2.37. The summed E-state index contributed by atoms with van der Waals surface area (Å²) in [5, 5.41) is 52.6. The van der Waals surface area contributed by atoms with Crippen molar-refractivity contribution in [3.63, 3.8) is 0 Å². The molecule has 11 amide bonds. The van der Waals surface area contributed by atoms with E-state index < -0.39 is 156 Å². The van der Waals surface area contributed by atoms with E-state index in [1.165, 1.54) is 116 Å². The molecule has 536 valence electrons. The van der Waals surface area contributed by atoms with Crippen LogP contribution in [-0.2, 0) is 96.2 Å². The maximum Gasteiger partial charge on any atom is 0.305 e. The summed E-state index contributed by atoms with van der Waals surface area (Å²) in [5.41, 5.74) is 6.97. The van der Waals surface area contributed by atoms with Crippen LogP contribution in [0.25, 0.3) is 21.8 Å². The number of primary amides is 1. The number of amides is 11. The molecule has 0 unspecified atom stereocenters. The number of H-pyrrole nitrogens is 3. The molecular formula is C67H80F2N18O14. The number of halogens is 2. The first kappa shape index (κ1) is 73.6. The number of carbonyl (C=O) groups is 12. The first-order valence-corrected chi connectivity index (χ1v) is 32.8. The quantitative estimate of drug-likeness (QED) is 0.0711. The summed E-state index contributed by atoms with van der Waals surface area (Å²) < 4.78 is 31.1. The highest BCUT2D eigenvalue weighted by atomic mass is 19.1. The van der Waals surface area contributed by atoms with Gasteiger partial charge in [-0.25, -0.2) is 13.8 Å². The van der Waals surface area contributed by atoms with Gasteiger partial charge in [0.25, 0.3) is 0 Å². The predicted octanol–water partition coefficient (Wildman–Crippen LogP) is -0.200. The smallest absolute Gasteiger partial charge is 0.305 e. The van der Waals surface area contributed by atoms with Crippen molar-refractivity contribution in [3.8, 4) is 5.75 Å². The van der Waals surface area contributed by atoms with Gasteiger partial charge in [0.2, 0.25) is 65.0 Å². The van der Waals surface area contributed by atoms with Gasteiger partial charge in [-0.15, -0.1) is 5.10 Å². The van der Waals surface area contributed by atoms with E-state index in [0.29, 0.717) is 57.0 Å². The number of aromatic hydroxyl groups is 1. The number of hydrogen-bond donors (Lipinski definition) is 15. The van der Waals surface area contributed by atoms with E-state index in [4.69, 9.17) is 5.73 Å². The number of phenols is 1. The molecular weight excluding hydrogens is 1320 g/mol. The minimum atomic E-state index is -2.04. The fourth-order valence-electron chi connectivity index (χ4n) is 12.3. The number of aromatic nitrogens is 7. The molecule has 0 spiro atoms. The zero-order valence-corrected chi connectivity index (χ0v) is 55.5. The average molecular weight is 1400 g/mol. The molecule has 4 aromatic heterocycles. The van der Waals surface area contributed by atoms with E-state index in [0.717, 1.165) is 0 Å². The van der Waals surface area contributed by atoms with Crippen molar-refractivity contribution < 1.29 is 76.5 Å². The molecule has 7 aromatic rings. The zero-order chi connectivity index (χ0) is 72.7. The largest absolute Gasteiger partial charge is 0.508 e. The molecule has 2 aliphatic heterocycles. The Labute approximate surface area is 575 Å². The monoisotopic (exact) mass is 1400 g/mol. The van der Waals surface area contributed by atoms with Gasteiger partial charge < -0.3 is 83.6 Å². The van der Waals surface area contributed by atoms with E-state index >= 15 is 4.79 Å². The predicted molar refractivity (Wildman–Crippen MR) is 355 cm³/mol. The molecule has 16 N–H and O–H groups in total. The minimum Gasteiger partial charge on any atom is -0.508 e. The molecule has 2 aliphatic rings. The summed E-state index contributed by atoms with van der Waals surface area (Å²) >= 11 is 0. The summed E-state index contributed by atoms with van der Waals surface area (Å²) in [6.45, 7) is 3.49. The molecule has 32 nitrogen and oxygen atoms in total. The van der Waals surface area contributed by atoms with Crippen LogP contribution >= 0.6 is 0 Å². The number of nitrogens with one attached hydrogen (secondary N) is 12. The standard InChI is InChI=1S/C67H80F2N18O14/c1-35-59(94)74-32-56(90)78-52(24-39-30-73-48-18-12-41(69)26-46(39)48)62(97)79-51(16-10-38-29-72-47-17-11-40(68)25-45(38)47)61(96)81-54(28-57(91)92)64(99)80-53(27-43-31-71-34-75-43)63(98)82-55(23-37-8-14-44(89)15-9-37)65(100)87-22-6-20-67(87,3)66(101)83-49(58(70)93)19-13-42-33-86(85-84-42)21-5-4-7-50(60(95)76-35)77-36(2)88/h8-9,11-12,14-15,17-18,25-26,29-31,33-35,49-55,72-73,89H,4-7,10,13,16,19-24,27-28,32H2,1-3H3,(H2,70,93)(H,71,75)(H,74,94)(H,76,95)(H,77,88)(H,78,90)(H,79,97)(H,80,99)(H,81,96)(H,82,98)(H,83,101)(H,91,92)/t35-,49-,50-,51-,52-,53-,54-,55-,67-/m0/s1. The number of hydrogen-bond acceptors (Lipinski definition) is 16. The third kappa shape index (κ3) is 19.6. The Morgan fingerprint density at radius 1 is 0.693 bits per heavy atom. The SMILES string of the molecule is CC(=O)N[C@H]1CCCCn2cc(nn2)CC[C@@H](C(N)=O)NC(=O)[C@]2(C)CCCN2C(=O)[C@H](Cc2ccc(O)cc2)NC(=O)[C@H](Cc2cnc[nH]2)NC(=O)[C@H](CC(=O)O)NC(=O)[C@H](CCc2c[nH]c3ccc(F)cc23)NC(=O)[C@H](Cc2c[nH]c3ccc(F)cc23)NC(=O)CNC(=O)[C@H](C)NC1=O. The third-order valence-electron chi connectivity index (χ3n) is 17.8. The van der Waals surface area contributed by atoms with Gasteiger partial charge in [0.15, 0.2) is 0 Å². The van der Waals surface area contributed by atoms with Gasteiger partial charge in [0.1, 0.15) is 71.3 Å². The maximum atomic E-state index is 15.2. The van der Waals surface area contributed by atoms with Crippen molar-refractivity contribution in [1.29, 1.82) is 0 Å². The van der Waals surface area contributed by atoms with E-state index in [9.17, 15) is 71.7 Å². The summed E-state index contributed by atoms with van der Waals surface area (Å²) in [5.74, 6) is -13.1. The summed E-state index contributed by atoms with van der Waals surface area (Å²) in [7, 11) is 0. The summed E-state index contributed by atoms with van der Waals surface area (Å²) in [4.78, 5) is 183. The molecule has 34 heteroatoms. The molecule has 1 fully saturated rings. The second kappa shape index (κ2) is 33.3. The lowest BCUT2D eigenvalue weighted by atomic mass is 9.94. The highest BCUT2D eigenvalue weighted by Crippen LogP contribution is 2.31. The van der Waals surface area contributed by atoms with Gasteiger partial charge in [-0.3, -0.25) is 62.2 Å². The number of imidazole rings is 1. The Morgan fingerprint density at radius 2 is 1.33 bits per heavy atom. The van der Waals surface area contributed by atoms with Gasteiger partial charge in [-0.05, 0) is 137 Å². The highest BCUT2D eigenvalue weighted by molar-refractivity contribution is 6.00. The van der Waals surface area contributed by atoms with Crippen molar-refractivity contribution in [2.75, 3.05) is 13.1 Å². The van der Waals surface area contributed by atoms with Gasteiger partial charge >= 0.3 is 5.97 Å². The summed E-state index contributed by atoms with van der Waals surface area (Å²) in [6.07, 6.45) is 5.87. The molecule has 6 heterocycles. The van der Waals surface area contributed by atoms with Crippen LogP contribution in [0.5, 0.6) is 5.75 Å². The number of nitrogens with two attached hydrogens (primary N) is 1. The van der Waals surface area contributed by atoms with Crippen LogP contribution in [0, 0.1) is 11.6 Å². The van der Waals surface area contributed by atoms with Crippen LogP contribution in [0.15, 0.2) is 91.8 Å². The van der Waals surface area contributed by atoms with Crippen LogP contribution in [0.3, 0.4) is 0 Å².